The Kier molecular flexibility index (Phi) is 8.39. The SMILES string of the molecule is c1ccc(-c2cccc3cccc(-c4ccccc4N(c4cccc(-c5ccc6c(c5)oc5ccccc56)c4)c4ccccc4-c4cccc5sc6ccccc6c45)c23)cc1. The van der Waals surface area contributed by atoms with Gasteiger partial charge in [0.15, 0.2) is 0 Å². The first-order chi connectivity index (χ1) is 30.3. The van der Waals surface area contributed by atoms with Crippen molar-refractivity contribution < 1.29 is 4.42 Å². The Morgan fingerprint density at radius 3 is 1.69 bits per heavy atom. The summed E-state index contributed by atoms with van der Waals surface area (Å²) in [6.07, 6.45) is 0. The molecular weight excluding hydrogens is 759 g/mol. The van der Waals surface area contributed by atoms with Gasteiger partial charge in [-0.3, -0.25) is 0 Å². The van der Waals surface area contributed by atoms with E-state index in [2.05, 4.69) is 217 Å². The second-order valence-corrected chi connectivity index (χ2v) is 16.7. The number of para-hydroxylation sites is 3. The van der Waals surface area contributed by atoms with Crippen LogP contribution in [0.25, 0.3) is 97.4 Å². The molecule has 12 aromatic rings. The number of fused-ring (bicyclic) bond motifs is 7. The van der Waals surface area contributed by atoms with Gasteiger partial charge in [-0.2, -0.15) is 0 Å². The summed E-state index contributed by atoms with van der Waals surface area (Å²) in [4.78, 5) is 2.48. The van der Waals surface area contributed by atoms with Crippen molar-refractivity contribution in [2.24, 2.45) is 0 Å². The lowest BCUT2D eigenvalue weighted by atomic mass is 9.90. The van der Waals surface area contributed by atoms with Gasteiger partial charge in [-0.1, -0.05) is 170 Å². The van der Waals surface area contributed by atoms with Crippen LogP contribution in [-0.4, -0.2) is 0 Å². The Labute approximate surface area is 357 Å². The van der Waals surface area contributed by atoms with E-state index in [-0.39, 0.29) is 0 Å². The van der Waals surface area contributed by atoms with Gasteiger partial charge >= 0.3 is 0 Å². The molecule has 10 aromatic carbocycles. The Bertz CT molecular complexity index is 3610. The molecule has 61 heavy (non-hydrogen) atoms. The van der Waals surface area contributed by atoms with Crippen LogP contribution >= 0.6 is 11.3 Å². The molecule has 0 unspecified atom stereocenters. The third-order valence-electron chi connectivity index (χ3n) is 12.1. The van der Waals surface area contributed by atoms with Crippen molar-refractivity contribution in [3.63, 3.8) is 0 Å². The second kappa shape index (κ2) is 14.5. The molecule has 2 nitrogen and oxygen atoms in total. The van der Waals surface area contributed by atoms with Crippen molar-refractivity contribution in [3.05, 3.63) is 224 Å². The number of anilines is 3. The maximum absolute atomic E-state index is 6.39. The first-order valence-electron chi connectivity index (χ1n) is 20.7. The van der Waals surface area contributed by atoms with Gasteiger partial charge in [0.2, 0.25) is 0 Å². The summed E-state index contributed by atoms with van der Waals surface area (Å²) < 4.78 is 8.97. The fourth-order valence-electron chi connectivity index (χ4n) is 9.35. The smallest absolute Gasteiger partial charge is 0.136 e. The summed E-state index contributed by atoms with van der Waals surface area (Å²) in [5, 5.41) is 7.28. The maximum atomic E-state index is 6.39. The monoisotopic (exact) mass is 795 g/mol. The zero-order valence-electron chi connectivity index (χ0n) is 33.1. The van der Waals surface area contributed by atoms with Crippen molar-refractivity contribution in [1.29, 1.82) is 0 Å². The highest BCUT2D eigenvalue weighted by atomic mass is 32.1. The summed E-state index contributed by atoms with van der Waals surface area (Å²) in [5.74, 6) is 0. The molecule has 0 saturated carbocycles. The molecule has 0 amide bonds. The first kappa shape index (κ1) is 35.2. The Morgan fingerprint density at radius 1 is 0.328 bits per heavy atom. The molecule has 12 rings (SSSR count). The van der Waals surface area contributed by atoms with E-state index in [9.17, 15) is 0 Å². The average molecular weight is 796 g/mol. The predicted octanol–water partition coefficient (Wildman–Crippen LogP) is 17.2. The lowest BCUT2D eigenvalue weighted by molar-refractivity contribution is 0.669. The summed E-state index contributed by atoms with van der Waals surface area (Å²) in [7, 11) is 0. The summed E-state index contributed by atoms with van der Waals surface area (Å²) in [6.45, 7) is 0. The number of hydrogen-bond acceptors (Lipinski definition) is 3. The molecule has 0 aliphatic carbocycles. The van der Waals surface area contributed by atoms with Crippen LogP contribution in [0.3, 0.4) is 0 Å². The van der Waals surface area contributed by atoms with Crippen molar-refractivity contribution in [2.75, 3.05) is 4.90 Å². The molecule has 0 saturated heterocycles. The minimum absolute atomic E-state index is 0.887. The second-order valence-electron chi connectivity index (χ2n) is 15.6. The molecule has 0 aliphatic rings. The molecule has 0 radical (unpaired) electrons. The fourth-order valence-corrected chi connectivity index (χ4v) is 10.5. The molecule has 0 fully saturated rings. The van der Waals surface area contributed by atoms with Crippen molar-refractivity contribution in [3.8, 4) is 44.5 Å². The quantitative estimate of drug-likeness (QED) is 0.160. The van der Waals surface area contributed by atoms with E-state index in [0.29, 0.717) is 0 Å². The molecule has 0 N–H and O–H groups in total. The zero-order chi connectivity index (χ0) is 40.3. The van der Waals surface area contributed by atoms with Crippen LogP contribution in [0.1, 0.15) is 0 Å². The minimum atomic E-state index is 0.887. The number of nitrogens with zero attached hydrogens (tertiary/aromatic N) is 1. The van der Waals surface area contributed by atoms with Crippen LogP contribution < -0.4 is 4.90 Å². The Balaban J connectivity index is 1.11. The number of furan rings is 1. The summed E-state index contributed by atoms with van der Waals surface area (Å²) in [5.41, 5.74) is 14.4. The van der Waals surface area contributed by atoms with E-state index in [1.807, 2.05) is 23.5 Å². The van der Waals surface area contributed by atoms with Crippen LogP contribution in [0.5, 0.6) is 0 Å². The highest BCUT2D eigenvalue weighted by Crippen LogP contribution is 2.49. The molecule has 0 atom stereocenters. The average Bonchev–Trinajstić information content (AvgIpc) is 3.90. The van der Waals surface area contributed by atoms with Crippen LogP contribution in [0, 0.1) is 0 Å². The maximum Gasteiger partial charge on any atom is 0.136 e. The Hall–Kier alpha value is -7.72. The molecular formula is C58H37NOS. The van der Waals surface area contributed by atoms with Gasteiger partial charge in [0, 0.05) is 47.8 Å². The third kappa shape index (κ3) is 5.93. The van der Waals surface area contributed by atoms with Gasteiger partial charge in [-0.25, -0.2) is 0 Å². The standard InChI is InChI=1S/C58H37NOS/c1-2-16-38(17-3-1)43-26-13-18-39-19-14-27-48(57(39)43)44-22-4-8-29-51(44)59(42-21-12-20-40(36-42)41-34-35-47-46-24-6-10-31-53(46)60-54(47)37-41)52-30-9-5-23-45(52)49-28-15-33-56-58(49)50-25-7-11-32-55(50)61-56/h1-37H. The predicted molar refractivity (Wildman–Crippen MR) is 261 cm³/mol. The molecule has 3 heteroatoms. The van der Waals surface area contributed by atoms with Gasteiger partial charge in [-0.15, -0.1) is 11.3 Å². The first-order valence-corrected chi connectivity index (χ1v) is 21.6. The van der Waals surface area contributed by atoms with Gasteiger partial charge < -0.3 is 9.32 Å². The van der Waals surface area contributed by atoms with Gasteiger partial charge in [0.25, 0.3) is 0 Å². The number of rotatable bonds is 7. The van der Waals surface area contributed by atoms with Gasteiger partial charge in [-0.05, 0) is 98.8 Å². The van der Waals surface area contributed by atoms with E-state index < -0.39 is 0 Å². The number of thiophene rings is 1. The molecule has 0 bridgehead atoms. The normalized spacial score (nSPS) is 11.6. The third-order valence-corrected chi connectivity index (χ3v) is 13.2. The Morgan fingerprint density at radius 2 is 0.885 bits per heavy atom. The highest BCUT2D eigenvalue weighted by molar-refractivity contribution is 7.25. The van der Waals surface area contributed by atoms with Crippen LogP contribution in [0.15, 0.2) is 229 Å². The zero-order valence-corrected chi connectivity index (χ0v) is 33.9. The fraction of sp³-hybridized carbons (Fsp3) is 0. The topological polar surface area (TPSA) is 16.4 Å². The molecule has 2 aromatic heterocycles. The van der Waals surface area contributed by atoms with Gasteiger partial charge in [0.05, 0.1) is 11.4 Å². The van der Waals surface area contributed by atoms with E-state index in [0.717, 1.165) is 55.7 Å². The highest BCUT2D eigenvalue weighted by Gasteiger charge is 2.24. The van der Waals surface area contributed by atoms with Crippen molar-refractivity contribution >= 4 is 81.3 Å². The van der Waals surface area contributed by atoms with Crippen molar-refractivity contribution in [2.45, 2.75) is 0 Å². The molecule has 2 heterocycles. The summed E-state index contributed by atoms with van der Waals surface area (Å²) in [6, 6.07) is 81.3. The van der Waals surface area contributed by atoms with E-state index in [4.69, 9.17) is 4.42 Å². The van der Waals surface area contributed by atoms with E-state index in [1.165, 1.54) is 58.8 Å². The van der Waals surface area contributed by atoms with Crippen LogP contribution in [0.4, 0.5) is 17.1 Å². The number of hydrogen-bond donors (Lipinski definition) is 0. The lowest BCUT2D eigenvalue weighted by Gasteiger charge is -2.30. The largest absolute Gasteiger partial charge is 0.456 e. The van der Waals surface area contributed by atoms with Crippen LogP contribution in [-0.2, 0) is 0 Å². The number of benzene rings is 10. The van der Waals surface area contributed by atoms with Crippen LogP contribution in [0.2, 0.25) is 0 Å². The van der Waals surface area contributed by atoms with E-state index in [1.54, 1.807) is 0 Å². The lowest BCUT2D eigenvalue weighted by Crippen LogP contribution is -2.12. The van der Waals surface area contributed by atoms with E-state index >= 15 is 0 Å². The summed E-state index contributed by atoms with van der Waals surface area (Å²) >= 11 is 1.86. The minimum Gasteiger partial charge on any atom is -0.456 e. The molecule has 0 spiro atoms. The molecule has 0 aliphatic heterocycles. The van der Waals surface area contributed by atoms with Gasteiger partial charge in [0.1, 0.15) is 11.2 Å². The van der Waals surface area contributed by atoms with Crippen molar-refractivity contribution in [1.82, 2.24) is 0 Å². The molecule has 286 valence electrons.